The highest BCUT2D eigenvalue weighted by atomic mass is 16.7. The standard InChI is InChI=1S/C22H16O7/c1-11(23)27-16-7-8-18-19-12(16)3-2-4-17(19)28-22(29-18)10-9-14(25)20-13(24)5-6-15(26)21(20)22/h2-8,14,25H,9-10H2,1H3/t14?,22-/m1/s1. The molecule has 5 rings (SSSR count). The number of hydrogen-bond acceptors (Lipinski definition) is 7. The molecule has 1 spiro atoms. The van der Waals surface area contributed by atoms with Gasteiger partial charge in [-0.1, -0.05) is 12.1 Å². The fraction of sp³-hybridized carbons (Fsp3) is 0.227. The largest absolute Gasteiger partial charge is 0.447 e. The lowest BCUT2D eigenvalue weighted by Gasteiger charge is -2.44. The van der Waals surface area contributed by atoms with E-state index in [1.807, 2.05) is 0 Å². The number of carbonyl (C=O) groups excluding carboxylic acids is 3. The minimum atomic E-state index is -1.50. The van der Waals surface area contributed by atoms with Crippen LogP contribution in [-0.4, -0.2) is 34.5 Å². The highest BCUT2D eigenvalue weighted by molar-refractivity contribution is 6.21. The number of aliphatic hydroxyl groups excluding tert-OH is 1. The Morgan fingerprint density at radius 2 is 1.83 bits per heavy atom. The van der Waals surface area contributed by atoms with E-state index in [0.29, 0.717) is 28.0 Å². The summed E-state index contributed by atoms with van der Waals surface area (Å²) >= 11 is 0. The zero-order valence-electron chi connectivity index (χ0n) is 15.4. The van der Waals surface area contributed by atoms with Crippen molar-refractivity contribution in [3.05, 3.63) is 53.6 Å². The Kier molecular flexibility index (Phi) is 3.66. The topological polar surface area (TPSA) is 99.1 Å². The lowest BCUT2D eigenvalue weighted by atomic mass is 9.77. The molecule has 29 heavy (non-hydrogen) atoms. The van der Waals surface area contributed by atoms with E-state index in [1.165, 1.54) is 13.0 Å². The summed E-state index contributed by atoms with van der Waals surface area (Å²) in [6.07, 6.45) is 1.69. The van der Waals surface area contributed by atoms with E-state index in [1.54, 1.807) is 30.3 Å². The van der Waals surface area contributed by atoms with Crippen LogP contribution in [0.15, 0.2) is 53.6 Å². The van der Waals surface area contributed by atoms with Gasteiger partial charge in [0.1, 0.15) is 17.2 Å². The molecule has 2 aliphatic carbocycles. The predicted octanol–water partition coefficient (Wildman–Crippen LogP) is 2.39. The molecule has 0 saturated carbocycles. The second-order valence-corrected chi connectivity index (χ2v) is 7.20. The summed E-state index contributed by atoms with van der Waals surface area (Å²) < 4.78 is 17.7. The van der Waals surface area contributed by atoms with Crippen LogP contribution in [0, 0.1) is 0 Å². The van der Waals surface area contributed by atoms with E-state index in [-0.39, 0.29) is 24.0 Å². The monoisotopic (exact) mass is 392 g/mol. The zero-order valence-corrected chi connectivity index (χ0v) is 15.4. The van der Waals surface area contributed by atoms with Gasteiger partial charge < -0.3 is 19.3 Å². The first kappa shape index (κ1) is 17.6. The van der Waals surface area contributed by atoms with Gasteiger partial charge in [0.25, 0.3) is 5.79 Å². The second kappa shape index (κ2) is 6.02. The Morgan fingerprint density at radius 1 is 1.10 bits per heavy atom. The van der Waals surface area contributed by atoms with Gasteiger partial charge in [-0.15, -0.1) is 0 Å². The van der Waals surface area contributed by atoms with Crippen LogP contribution in [0.4, 0.5) is 0 Å². The average molecular weight is 392 g/mol. The molecule has 1 unspecified atom stereocenters. The molecule has 0 amide bonds. The maximum absolute atomic E-state index is 12.7. The number of ketones is 2. The van der Waals surface area contributed by atoms with E-state index in [4.69, 9.17) is 14.2 Å². The normalized spacial score (nSPS) is 25.0. The molecule has 0 bridgehead atoms. The van der Waals surface area contributed by atoms with E-state index < -0.39 is 29.4 Å². The molecule has 0 aromatic heterocycles. The van der Waals surface area contributed by atoms with Crippen molar-refractivity contribution in [2.75, 3.05) is 0 Å². The van der Waals surface area contributed by atoms with E-state index in [0.717, 1.165) is 6.08 Å². The van der Waals surface area contributed by atoms with Gasteiger partial charge in [-0.05, 0) is 36.8 Å². The Bertz CT molecular complexity index is 1160. The molecule has 2 atom stereocenters. The molecule has 7 nitrogen and oxygen atoms in total. The van der Waals surface area contributed by atoms with Crippen molar-refractivity contribution in [3.63, 3.8) is 0 Å². The Morgan fingerprint density at radius 3 is 2.59 bits per heavy atom. The summed E-state index contributed by atoms with van der Waals surface area (Å²) in [7, 11) is 0. The minimum absolute atomic E-state index is 0.0240. The first-order valence-electron chi connectivity index (χ1n) is 9.21. The zero-order chi connectivity index (χ0) is 20.3. The van der Waals surface area contributed by atoms with Gasteiger partial charge in [-0.2, -0.15) is 0 Å². The molecular weight excluding hydrogens is 376 g/mol. The molecule has 3 aliphatic rings. The molecule has 1 heterocycles. The van der Waals surface area contributed by atoms with Crippen LogP contribution in [-0.2, 0) is 14.4 Å². The number of rotatable bonds is 1. The molecule has 146 valence electrons. The number of benzene rings is 2. The summed E-state index contributed by atoms with van der Waals surface area (Å²) in [5.74, 6) is -1.55. The molecule has 0 saturated heterocycles. The van der Waals surface area contributed by atoms with Crippen molar-refractivity contribution in [2.24, 2.45) is 0 Å². The lowest BCUT2D eigenvalue weighted by molar-refractivity contribution is -0.133. The van der Waals surface area contributed by atoms with Crippen molar-refractivity contribution in [1.82, 2.24) is 0 Å². The van der Waals surface area contributed by atoms with Crippen molar-refractivity contribution in [1.29, 1.82) is 0 Å². The highest BCUT2D eigenvalue weighted by Crippen LogP contribution is 2.50. The lowest BCUT2D eigenvalue weighted by Crippen LogP contribution is -2.53. The van der Waals surface area contributed by atoms with Gasteiger partial charge in [0.05, 0.1) is 17.1 Å². The van der Waals surface area contributed by atoms with Gasteiger partial charge in [-0.25, -0.2) is 0 Å². The minimum Gasteiger partial charge on any atom is -0.447 e. The van der Waals surface area contributed by atoms with Crippen LogP contribution < -0.4 is 14.2 Å². The van der Waals surface area contributed by atoms with E-state index in [9.17, 15) is 19.5 Å². The van der Waals surface area contributed by atoms with Gasteiger partial charge in [0.15, 0.2) is 11.6 Å². The summed E-state index contributed by atoms with van der Waals surface area (Å²) in [4.78, 5) is 36.5. The maximum atomic E-state index is 12.7. The molecule has 0 fully saturated rings. The van der Waals surface area contributed by atoms with Crippen LogP contribution in [0.1, 0.15) is 19.8 Å². The maximum Gasteiger partial charge on any atom is 0.308 e. The summed E-state index contributed by atoms with van der Waals surface area (Å²) in [6.45, 7) is 1.32. The van der Waals surface area contributed by atoms with Gasteiger partial charge >= 0.3 is 5.97 Å². The number of hydrogen-bond donors (Lipinski definition) is 1. The Labute approximate surface area is 165 Å². The van der Waals surface area contributed by atoms with Gasteiger partial charge in [0, 0.05) is 24.3 Å². The van der Waals surface area contributed by atoms with E-state index >= 15 is 0 Å². The third-order valence-corrected chi connectivity index (χ3v) is 5.36. The number of allylic oxidation sites excluding steroid dienone is 2. The number of esters is 1. The average Bonchev–Trinajstić information content (AvgIpc) is 2.69. The third kappa shape index (κ3) is 2.51. The van der Waals surface area contributed by atoms with Crippen molar-refractivity contribution in [3.8, 4) is 17.2 Å². The van der Waals surface area contributed by atoms with Crippen molar-refractivity contribution >= 4 is 28.3 Å². The smallest absolute Gasteiger partial charge is 0.308 e. The van der Waals surface area contributed by atoms with Crippen molar-refractivity contribution < 1.29 is 33.7 Å². The number of aliphatic hydroxyl groups is 1. The summed E-state index contributed by atoms with van der Waals surface area (Å²) in [5, 5.41) is 11.6. The Hall–Kier alpha value is -3.45. The van der Waals surface area contributed by atoms with Crippen LogP contribution in [0.3, 0.4) is 0 Å². The first-order chi connectivity index (χ1) is 13.9. The third-order valence-electron chi connectivity index (χ3n) is 5.36. The van der Waals surface area contributed by atoms with Crippen LogP contribution in [0.5, 0.6) is 17.2 Å². The first-order valence-corrected chi connectivity index (χ1v) is 9.21. The summed E-state index contributed by atoms with van der Waals surface area (Å²) in [6, 6.07) is 8.50. The highest BCUT2D eigenvalue weighted by Gasteiger charge is 2.52. The van der Waals surface area contributed by atoms with Crippen LogP contribution >= 0.6 is 0 Å². The number of carbonyl (C=O) groups is 3. The predicted molar refractivity (Wildman–Crippen MR) is 101 cm³/mol. The van der Waals surface area contributed by atoms with Crippen molar-refractivity contribution in [2.45, 2.75) is 31.7 Å². The van der Waals surface area contributed by atoms with Gasteiger partial charge in [-0.3, -0.25) is 14.4 Å². The molecule has 2 aromatic carbocycles. The van der Waals surface area contributed by atoms with Gasteiger partial charge in [0.2, 0.25) is 0 Å². The molecule has 2 aromatic rings. The molecule has 1 N–H and O–H groups in total. The molecular formula is C22H16O7. The van der Waals surface area contributed by atoms with Crippen LogP contribution in [0.2, 0.25) is 0 Å². The fourth-order valence-electron chi connectivity index (χ4n) is 4.21. The summed E-state index contributed by atoms with van der Waals surface area (Å²) in [5.41, 5.74) is 0.0615. The Balaban J connectivity index is 1.69. The molecule has 0 radical (unpaired) electrons. The quantitative estimate of drug-likeness (QED) is 0.452. The second-order valence-electron chi connectivity index (χ2n) is 7.20. The molecule has 1 aliphatic heterocycles. The number of ether oxygens (including phenoxy) is 3. The van der Waals surface area contributed by atoms with E-state index in [2.05, 4.69) is 0 Å². The SMILES string of the molecule is CC(=O)Oc1ccc2c3c(cccc13)O[C@]1(CCC(O)C3=C1C(=O)C=CC3=O)O2. The number of fused-ring (bicyclic) bond motifs is 1. The van der Waals surface area contributed by atoms with Crippen LogP contribution in [0.25, 0.3) is 10.8 Å². The molecule has 7 heteroatoms. The fourth-order valence-corrected chi connectivity index (χ4v) is 4.21.